The molecule has 1 aliphatic heterocycles. The minimum atomic E-state index is -0.0466. The first kappa shape index (κ1) is 10.2. The van der Waals surface area contributed by atoms with Crippen molar-refractivity contribution < 1.29 is 4.39 Å². The van der Waals surface area contributed by atoms with Crippen LogP contribution >= 0.6 is 27.7 Å². The van der Waals surface area contributed by atoms with Crippen molar-refractivity contribution in [3.63, 3.8) is 0 Å². The number of halogens is 2. The molecular formula is C12H12BrFS. The van der Waals surface area contributed by atoms with Crippen molar-refractivity contribution >= 4 is 27.7 Å². The Kier molecular flexibility index (Phi) is 2.56. The van der Waals surface area contributed by atoms with Crippen LogP contribution in [-0.2, 0) is 0 Å². The van der Waals surface area contributed by atoms with Crippen LogP contribution in [0.5, 0.6) is 0 Å². The summed E-state index contributed by atoms with van der Waals surface area (Å²) in [6.07, 6.45) is 3.89. The van der Waals surface area contributed by atoms with Gasteiger partial charge in [-0.15, -0.1) is 11.8 Å². The van der Waals surface area contributed by atoms with Crippen LogP contribution in [0.15, 0.2) is 21.5 Å². The average molecular weight is 287 g/mol. The van der Waals surface area contributed by atoms with Gasteiger partial charge in [-0.1, -0.05) is 15.9 Å². The zero-order valence-electron chi connectivity index (χ0n) is 8.30. The molecule has 0 N–H and O–H groups in total. The number of fused-ring (bicyclic) bond motifs is 1. The lowest BCUT2D eigenvalue weighted by atomic mass is 9.91. The molecule has 3 heteroatoms. The zero-order chi connectivity index (χ0) is 10.4. The van der Waals surface area contributed by atoms with Crippen molar-refractivity contribution in [2.45, 2.75) is 30.1 Å². The summed E-state index contributed by atoms with van der Waals surface area (Å²) in [6, 6.07) is 3.70. The van der Waals surface area contributed by atoms with E-state index in [1.54, 1.807) is 17.8 Å². The summed E-state index contributed by atoms with van der Waals surface area (Å²) in [5, 5.41) is 0. The van der Waals surface area contributed by atoms with Gasteiger partial charge in [0.05, 0.1) is 0 Å². The Morgan fingerprint density at radius 1 is 1.27 bits per heavy atom. The molecule has 0 nitrogen and oxygen atoms in total. The van der Waals surface area contributed by atoms with Gasteiger partial charge in [0, 0.05) is 9.37 Å². The van der Waals surface area contributed by atoms with E-state index in [0.29, 0.717) is 5.92 Å². The van der Waals surface area contributed by atoms with Gasteiger partial charge in [-0.3, -0.25) is 0 Å². The van der Waals surface area contributed by atoms with Crippen molar-refractivity contribution in [1.82, 2.24) is 0 Å². The second-order valence-corrected chi connectivity index (χ2v) is 6.41. The molecule has 0 bridgehead atoms. The van der Waals surface area contributed by atoms with Crippen LogP contribution in [0.3, 0.4) is 0 Å². The van der Waals surface area contributed by atoms with Gasteiger partial charge in [-0.25, -0.2) is 4.39 Å². The molecule has 1 atom stereocenters. The largest absolute Gasteiger partial charge is 0.206 e. The Morgan fingerprint density at radius 2 is 2.07 bits per heavy atom. The van der Waals surface area contributed by atoms with Crippen LogP contribution in [0.1, 0.15) is 30.7 Å². The van der Waals surface area contributed by atoms with E-state index >= 15 is 0 Å². The smallest absolute Gasteiger partial charge is 0.138 e. The van der Waals surface area contributed by atoms with Crippen LogP contribution in [0.2, 0.25) is 0 Å². The molecule has 0 aromatic heterocycles. The Hall–Kier alpha value is -0.0200. The van der Waals surface area contributed by atoms with Gasteiger partial charge in [0.15, 0.2) is 0 Å². The normalized spacial score (nSPS) is 25.1. The SMILES string of the molecule is Fc1cc(Br)cc2c1SCCC2C1CC1. The lowest BCUT2D eigenvalue weighted by molar-refractivity contribution is 0.541. The second-order valence-electron chi connectivity index (χ2n) is 4.39. The quantitative estimate of drug-likeness (QED) is 0.728. The topological polar surface area (TPSA) is 0 Å². The van der Waals surface area contributed by atoms with E-state index in [1.165, 1.54) is 24.8 Å². The molecule has 3 rings (SSSR count). The second kappa shape index (κ2) is 3.77. The Morgan fingerprint density at radius 3 is 2.80 bits per heavy atom. The Balaban J connectivity index is 2.08. The van der Waals surface area contributed by atoms with Crippen LogP contribution in [0, 0.1) is 11.7 Å². The molecule has 1 aromatic carbocycles. The van der Waals surface area contributed by atoms with E-state index in [9.17, 15) is 4.39 Å². The number of thioether (sulfide) groups is 1. The summed E-state index contributed by atoms with van der Waals surface area (Å²) in [5.41, 5.74) is 1.25. The maximum Gasteiger partial charge on any atom is 0.138 e. The third-order valence-electron chi connectivity index (χ3n) is 3.30. The summed E-state index contributed by atoms with van der Waals surface area (Å²) in [5.74, 6) is 2.48. The van der Waals surface area contributed by atoms with Crippen molar-refractivity contribution in [2.24, 2.45) is 5.92 Å². The lowest BCUT2D eigenvalue weighted by Gasteiger charge is -2.25. The molecule has 0 spiro atoms. The first-order valence-corrected chi connectivity index (χ1v) is 7.15. The number of hydrogen-bond acceptors (Lipinski definition) is 1. The van der Waals surface area contributed by atoms with Crippen molar-refractivity contribution in [3.05, 3.63) is 28.0 Å². The van der Waals surface area contributed by atoms with E-state index in [2.05, 4.69) is 22.0 Å². The highest BCUT2D eigenvalue weighted by molar-refractivity contribution is 9.10. The molecular weight excluding hydrogens is 275 g/mol. The molecule has 0 saturated heterocycles. The zero-order valence-corrected chi connectivity index (χ0v) is 10.7. The van der Waals surface area contributed by atoms with E-state index in [-0.39, 0.29) is 5.82 Å². The third kappa shape index (κ3) is 1.84. The maximum absolute atomic E-state index is 13.7. The highest BCUT2D eigenvalue weighted by atomic mass is 79.9. The molecule has 1 fully saturated rings. The van der Waals surface area contributed by atoms with Crippen LogP contribution in [-0.4, -0.2) is 5.75 Å². The summed E-state index contributed by atoms with van der Waals surface area (Å²) in [7, 11) is 0. The minimum Gasteiger partial charge on any atom is -0.206 e. The molecule has 0 radical (unpaired) electrons. The van der Waals surface area contributed by atoms with Crippen molar-refractivity contribution in [2.75, 3.05) is 5.75 Å². The predicted octanol–water partition coefficient (Wildman–Crippen LogP) is 4.58. The molecule has 1 aliphatic carbocycles. The van der Waals surface area contributed by atoms with E-state index in [4.69, 9.17) is 0 Å². The van der Waals surface area contributed by atoms with Crippen LogP contribution in [0.4, 0.5) is 4.39 Å². The highest BCUT2D eigenvalue weighted by Gasteiger charge is 2.36. The standard InChI is InChI=1S/C12H12BrFS/c13-8-5-10-9(7-1-2-7)3-4-15-12(10)11(14)6-8/h5-7,9H,1-4H2. The number of hydrogen-bond donors (Lipinski definition) is 0. The molecule has 2 aliphatic rings. The fourth-order valence-corrected chi connectivity index (χ4v) is 4.04. The van der Waals surface area contributed by atoms with Crippen molar-refractivity contribution in [1.29, 1.82) is 0 Å². The van der Waals surface area contributed by atoms with E-state index in [0.717, 1.165) is 21.0 Å². The first-order chi connectivity index (χ1) is 7.25. The van der Waals surface area contributed by atoms with E-state index < -0.39 is 0 Å². The van der Waals surface area contributed by atoms with Gasteiger partial charge >= 0.3 is 0 Å². The third-order valence-corrected chi connectivity index (χ3v) is 4.92. The molecule has 0 amide bonds. The lowest BCUT2D eigenvalue weighted by Crippen LogP contribution is -2.10. The van der Waals surface area contributed by atoms with Gasteiger partial charge in [0.1, 0.15) is 5.82 Å². The Bertz CT molecular complexity index is 401. The monoisotopic (exact) mass is 286 g/mol. The Labute approximate surface area is 102 Å². The number of rotatable bonds is 1. The molecule has 1 saturated carbocycles. The fraction of sp³-hybridized carbons (Fsp3) is 0.500. The maximum atomic E-state index is 13.7. The minimum absolute atomic E-state index is 0.0466. The molecule has 15 heavy (non-hydrogen) atoms. The molecule has 1 aromatic rings. The first-order valence-electron chi connectivity index (χ1n) is 5.37. The number of benzene rings is 1. The van der Waals surface area contributed by atoms with Gasteiger partial charge in [0.2, 0.25) is 0 Å². The summed E-state index contributed by atoms with van der Waals surface area (Å²) < 4.78 is 14.6. The van der Waals surface area contributed by atoms with Gasteiger partial charge < -0.3 is 0 Å². The predicted molar refractivity (Wildman–Crippen MR) is 64.9 cm³/mol. The van der Waals surface area contributed by atoms with Crippen LogP contribution < -0.4 is 0 Å². The average Bonchev–Trinajstić information content (AvgIpc) is 3.00. The van der Waals surface area contributed by atoms with Gasteiger partial charge in [0.25, 0.3) is 0 Å². The fourth-order valence-electron chi connectivity index (χ4n) is 2.44. The van der Waals surface area contributed by atoms with Gasteiger partial charge in [-0.05, 0) is 54.5 Å². The summed E-state index contributed by atoms with van der Waals surface area (Å²) in [6.45, 7) is 0. The van der Waals surface area contributed by atoms with E-state index in [1.807, 2.05) is 0 Å². The highest BCUT2D eigenvalue weighted by Crippen LogP contribution is 2.51. The molecule has 1 unspecified atom stereocenters. The molecule has 80 valence electrons. The van der Waals surface area contributed by atoms with Crippen molar-refractivity contribution in [3.8, 4) is 0 Å². The van der Waals surface area contributed by atoms with Gasteiger partial charge in [-0.2, -0.15) is 0 Å². The molecule has 1 heterocycles. The summed E-state index contributed by atoms with van der Waals surface area (Å²) >= 11 is 5.07. The van der Waals surface area contributed by atoms with Crippen LogP contribution in [0.25, 0.3) is 0 Å². The summed E-state index contributed by atoms with van der Waals surface area (Å²) in [4.78, 5) is 0.904.